The highest BCUT2D eigenvalue weighted by Gasteiger charge is 2.33. The lowest BCUT2D eigenvalue weighted by molar-refractivity contribution is -0.146. The van der Waals surface area contributed by atoms with Crippen LogP contribution in [0.25, 0.3) is 0 Å². The molecule has 0 saturated carbocycles. The number of terminal acetylenes is 1. The molecule has 1 N–H and O–H groups in total. The maximum atomic E-state index is 13.4. The SMILES string of the molecule is C#CCNC(C(=O)OCC)c1cc(F)cc(C(F)(F)F)c1. The van der Waals surface area contributed by atoms with Gasteiger partial charge in [-0.25, -0.2) is 9.18 Å². The van der Waals surface area contributed by atoms with Gasteiger partial charge in [0.1, 0.15) is 11.9 Å². The molecule has 0 saturated heterocycles. The minimum Gasteiger partial charge on any atom is -0.465 e. The molecular weight excluding hydrogens is 290 g/mol. The lowest BCUT2D eigenvalue weighted by atomic mass is 10.0. The highest BCUT2D eigenvalue weighted by atomic mass is 19.4. The van der Waals surface area contributed by atoms with E-state index in [1.54, 1.807) is 6.92 Å². The predicted molar refractivity (Wildman–Crippen MR) is 67.6 cm³/mol. The number of hydrogen-bond acceptors (Lipinski definition) is 3. The monoisotopic (exact) mass is 303 g/mol. The van der Waals surface area contributed by atoms with E-state index in [1.807, 2.05) is 0 Å². The van der Waals surface area contributed by atoms with E-state index >= 15 is 0 Å². The van der Waals surface area contributed by atoms with Gasteiger partial charge < -0.3 is 4.74 Å². The van der Waals surface area contributed by atoms with Crippen molar-refractivity contribution in [1.29, 1.82) is 0 Å². The highest BCUT2D eigenvalue weighted by molar-refractivity contribution is 5.77. The summed E-state index contributed by atoms with van der Waals surface area (Å²) in [5.41, 5.74) is -1.38. The van der Waals surface area contributed by atoms with Crippen molar-refractivity contribution in [3.05, 3.63) is 35.1 Å². The quantitative estimate of drug-likeness (QED) is 0.516. The summed E-state index contributed by atoms with van der Waals surface area (Å²) in [6.07, 6.45) is 0.319. The van der Waals surface area contributed by atoms with Crippen LogP contribution in [0.3, 0.4) is 0 Å². The van der Waals surface area contributed by atoms with Crippen LogP contribution < -0.4 is 5.32 Å². The lowest BCUT2D eigenvalue weighted by Crippen LogP contribution is -2.31. The first kappa shape index (κ1) is 17.0. The topological polar surface area (TPSA) is 38.3 Å². The summed E-state index contributed by atoms with van der Waals surface area (Å²) in [4.78, 5) is 11.8. The van der Waals surface area contributed by atoms with Crippen LogP contribution in [0.5, 0.6) is 0 Å². The molecule has 1 aromatic carbocycles. The second-order valence-corrected chi connectivity index (χ2v) is 4.04. The summed E-state index contributed by atoms with van der Waals surface area (Å²) in [7, 11) is 0. The largest absolute Gasteiger partial charge is 0.465 e. The first-order valence-electron chi connectivity index (χ1n) is 6.00. The van der Waals surface area contributed by atoms with Crippen LogP contribution in [-0.4, -0.2) is 19.1 Å². The zero-order valence-corrected chi connectivity index (χ0v) is 11.1. The van der Waals surface area contributed by atoms with Crippen LogP contribution >= 0.6 is 0 Å². The molecule has 0 aromatic heterocycles. The van der Waals surface area contributed by atoms with E-state index in [-0.39, 0.29) is 18.7 Å². The lowest BCUT2D eigenvalue weighted by Gasteiger charge is -2.18. The van der Waals surface area contributed by atoms with Crippen molar-refractivity contribution in [3.8, 4) is 12.3 Å². The van der Waals surface area contributed by atoms with E-state index in [1.165, 1.54) is 0 Å². The molecule has 0 heterocycles. The first-order valence-corrected chi connectivity index (χ1v) is 6.00. The summed E-state index contributed by atoms with van der Waals surface area (Å²) < 4.78 is 56.1. The van der Waals surface area contributed by atoms with Crippen molar-refractivity contribution >= 4 is 5.97 Å². The molecule has 0 aliphatic rings. The number of nitrogens with one attached hydrogen (secondary N) is 1. The number of esters is 1. The molecule has 0 aliphatic carbocycles. The minimum absolute atomic E-state index is 0.0362. The maximum Gasteiger partial charge on any atom is 0.416 e. The Morgan fingerprint density at radius 1 is 1.43 bits per heavy atom. The van der Waals surface area contributed by atoms with Crippen molar-refractivity contribution in [1.82, 2.24) is 5.32 Å². The average Bonchev–Trinajstić information content (AvgIpc) is 2.38. The van der Waals surface area contributed by atoms with E-state index in [0.29, 0.717) is 12.1 Å². The fourth-order valence-corrected chi connectivity index (χ4v) is 1.67. The molecule has 0 radical (unpaired) electrons. The Labute approximate surface area is 119 Å². The van der Waals surface area contributed by atoms with Crippen LogP contribution in [0.4, 0.5) is 17.6 Å². The van der Waals surface area contributed by atoms with Crippen LogP contribution in [0.1, 0.15) is 24.1 Å². The van der Waals surface area contributed by atoms with Gasteiger partial charge in [-0.2, -0.15) is 13.2 Å². The summed E-state index contributed by atoms with van der Waals surface area (Å²) in [6.45, 7) is 1.50. The van der Waals surface area contributed by atoms with Crippen molar-refractivity contribution in [2.45, 2.75) is 19.1 Å². The predicted octanol–water partition coefficient (Wildman–Crippen LogP) is 2.67. The molecule has 1 aromatic rings. The van der Waals surface area contributed by atoms with Gasteiger partial charge in [0.15, 0.2) is 0 Å². The molecule has 0 bridgehead atoms. The molecule has 7 heteroatoms. The number of alkyl halides is 3. The van der Waals surface area contributed by atoms with Gasteiger partial charge in [-0.3, -0.25) is 5.32 Å². The second-order valence-electron chi connectivity index (χ2n) is 4.04. The zero-order chi connectivity index (χ0) is 16.0. The number of benzene rings is 1. The van der Waals surface area contributed by atoms with E-state index in [2.05, 4.69) is 11.2 Å². The number of rotatable bonds is 5. The number of carbonyl (C=O) groups is 1. The van der Waals surface area contributed by atoms with E-state index in [0.717, 1.165) is 6.07 Å². The summed E-state index contributed by atoms with van der Waals surface area (Å²) >= 11 is 0. The Bertz CT molecular complexity index is 549. The molecule has 0 fully saturated rings. The molecule has 1 unspecified atom stereocenters. The van der Waals surface area contributed by atoms with Crippen molar-refractivity contribution in [2.24, 2.45) is 0 Å². The molecule has 114 valence electrons. The standard InChI is InChI=1S/C14H13F4NO2/c1-3-5-19-12(13(20)21-4-2)9-6-10(14(16,17)18)8-11(15)7-9/h1,6-8,12,19H,4-5H2,2H3. The molecule has 1 rings (SSSR count). The van der Waals surface area contributed by atoms with Gasteiger partial charge in [-0.15, -0.1) is 6.42 Å². The third-order valence-electron chi connectivity index (χ3n) is 2.51. The number of hydrogen-bond donors (Lipinski definition) is 1. The molecule has 1 atom stereocenters. The van der Waals surface area contributed by atoms with Crippen molar-refractivity contribution in [3.63, 3.8) is 0 Å². The van der Waals surface area contributed by atoms with Gasteiger partial charge in [-0.1, -0.05) is 5.92 Å². The Kier molecular flexibility index (Phi) is 5.73. The fraction of sp³-hybridized carbons (Fsp3) is 0.357. The normalized spacial score (nSPS) is 12.6. The highest BCUT2D eigenvalue weighted by Crippen LogP contribution is 2.32. The van der Waals surface area contributed by atoms with Crippen molar-refractivity contribution in [2.75, 3.05) is 13.2 Å². The van der Waals surface area contributed by atoms with Gasteiger partial charge in [0.05, 0.1) is 18.7 Å². The van der Waals surface area contributed by atoms with E-state index < -0.39 is 29.6 Å². The molecule has 3 nitrogen and oxygen atoms in total. The number of halogens is 4. The summed E-state index contributed by atoms with van der Waals surface area (Å²) in [5.74, 6) is 0.262. The van der Waals surface area contributed by atoms with Gasteiger partial charge in [-0.05, 0) is 30.7 Å². The zero-order valence-electron chi connectivity index (χ0n) is 11.1. The van der Waals surface area contributed by atoms with Crippen LogP contribution in [0.2, 0.25) is 0 Å². The van der Waals surface area contributed by atoms with E-state index in [4.69, 9.17) is 11.2 Å². The summed E-state index contributed by atoms with van der Waals surface area (Å²) in [5, 5.41) is 2.53. The average molecular weight is 303 g/mol. The van der Waals surface area contributed by atoms with Gasteiger partial charge in [0.25, 0.3) is 0 Å². The molecular formula is C14H13F4NO2. The van der Waals surface area contributed by atoms with Gasteiger partial charge >= 0.3 is 12.1 Å². The minimum atomic E-state index is -4.72. The second kappa shape index (κ2) is 7.09. The maximum absolute atomic E-state index is 13.4. The Balaban J connectivity index is 3.21. The Morgan fingerprint density at radius 2 is 2.10 bits per heavy atom. The van der Waals surface area contributed by atoms with Gasteiger partial charge in [0, 0.05) is 0 Å². The smallest absolute Gasteiger partial charge is 0.416 e. The Hall–Kier alpha value is -2.07. The molecule has 21 heavy (non-hydrogen) atoms. The number of carbonyl (C=O) groups excluding carboxylic acids is 1. The first-order chi connectivity index (χ1) is 9.79. The molecule has 0 amide bonds. The van der Waals surface area contributed by atoms with E-state index in [9.17, 15) is 22.4 Å². The summed E-state index contributed by atoms with van der Waals surface area (Å²) in [6, 6.07) is 0.610. The van der Waals surface area contributed by atoms with Crippen LogP contribution in [0.15, 0.2) is 18.2 Å². The van der Waals surface area contributed by atoms with Crippen LogP contribution in [-0.2, 0) is 15.7 Å². The molecule has 0 spiro atoms. The third kappa shape index (κ3) is 4.76. The third-order valence-corrected chi connectivity index (χ3v) is 2.51. The number of ether oxygens (including phenoxy) is 1. The van der Waals surface area contributed by atoms with Crippen LogP contribution in [0, 0.1) is 18.2 Å². The fourth-order valence-electron chi connectivity index (χ4n) is 1.67. The van der Waals surface area contributed by atoms with Gasteiger partial charge in [0.2, 0.25) is 0 Å². The Morgan fingerprint density at radius 3 is 2.62 bits per heavy atom. The van der Waals surface area contributed by atoms with Crippen molar-refractivity contribution < 1.29 is 27.1 Å². The molecule has 0 aliphatic heterocycles.